The molecule has 1 N–H and O–H groups in total. The van der Waals surface area contributed by atoms with Crippen molar-refractivity contribution < 1.29 is 4.79 Å². The Balaban J connectivity index is 2.09. The summed E-state index contributed by atoms with van der Waals surface area (Å²) in [7, 11) is 0. The molecule has 4 nitrogen and oxygen atoms in total. The molecule has 0 unspecified atom stereocenters. The van der Waals surface area contributed by atoms with Gasteiger partial charge in [-0.25, -0.2) is 9.97 Å². The van der Waals surface area contributed by atoms with Crippen LogP contribution < -0.4 is 5.32 Å². The number of hydrogen-bond acceptors (Lipinski definition) is 3. The Bertz CT molecular complexity index is 605. The first kappa shape index (κ1) is 13.9. The van der Waals surface area contributed by atoms with E-state index in [0.29, 0.717) is 12.2 Å². The summed E-state index contributed by atoms with van der Waals surface area (Å²) in [6, 6.07) is 10.1. The Labute approximate surface area is 118 Å². The Hall–Kier alpha value is -2.49. The number of nitrogens with zero attached hydrogens (tertiary/aromatic N) is 2. The Morgan fingerprint density at radius 1 is 1.25 bits per heavy atom. The first-order valence-corrected chi connectivity index (χ1v) is 6.44. The Morgan fingerprint density at radius 2 is 1.95 bits per heavy atom. The Kier molecular flexibility index (Phi) is 4.60. The van der Waals surface area contributed by atoms with E-state index in [0.717, 1.165) is 12.1 Å². The molecule has 0 saturated carbocycles. The molecule has 102 valence electrons. The summed E-state index contributed by atoms with van der Waals surface area (Å²) >= 11 is 0. The predicted molar refractivity (Wildman–Crippen MR) is 79.5 cm³/mol. The van der Waals surface area contributed by atoms with Gasteiger partial charge in [-0.05, 0) is 17.5 Å². The fourth-order valence-electron chi connectivity index (χ4n) is 1.91. The molecule has 1 heterocycles. The molecule has 20 heavy (non-hydrogen) atoms. The lowest BCUT2D eigenvalue weighted by atomic mass is 10.1. The number of carbonyl (C=O) groups is 1. The van der Waals surface area contributed by atoms with Gasteiger partial charge in [0.2, 0.25) is 5.91 Å². The van der Waals surface area contributed by atoms with Gasteiger partial charge < -0.3 is 5.32 Å². The van der Waals surface area contributed by atoms with Gasteiger partial charge in [0.25, 0.3) is 0 Å². The second-order valence-electron chi connectivity index (χ2n) is 4.56. The number of allylic oxidation sites excluding steroid dienone is 1. The molecule has 0 aliphatic rings. The zero-order chi connectivity index (χ0) is 14.4. The van der Waals surface area contributed by atoms with Crippen LogP contribution in [0.3, 0.4) is 0 Å². The summed E-state index contributed by atoms with van der Waals surface area (Å²) in [6.07, 6.45) is 4.94. The van der Waals surface area contributed by atoms with Gasteiger partial charge >= 0.3 is 0 Å². The number of anilines is 1. The van der Waals surface area contributed by atoms with E-state index in [2.05, 4.69) is 46.1 Å². The van der Waals surface area contributed by atoms with E-state index < -0.39 is 0 Å². The van der Waals surface area contributed by atoms with Crippen LogP contribution in [-0.4, -0.2) is 15.9 Å². The molecule has 0 aliphatic heterocycles. The van der Waals surface area contributed by atoms with E-state index in [1.807, 2.05) is 6.08 Å². The summed E-state index contributed by atoms with van der Waals surface area (Å²) in [5, 5.41) is 2.66. The van der Waals surface area contributed by atoms with Crippen LogP contribution in [0.15, 0.2) is 49.3 Å². The first-order valence-electron chi connectivity index (χ1n) is 6.44. The quantitative estimate of drug-likeness (QED) is 0.847. The topological polar surface area (TPSA) is 54.9 Å². The average Bonchev–Trinajstić information content (AvgIpc) is 2.41. The predicted octanol–water partition coefficient (Wildman–Crippen LogP) is 2.75. The van der Waals surface area contributed by atoms with Crippen molar-refractivity contribution in [2.24, 2.45) is 0 Å². The maximum atomic E-state index is 11.0. The van der Waals surface area contributed by atoms with Crippen molar-refractivity contribution in [2.75, 3.05) is 5.32 Å². The van der Waals surface area contributed by atoms with Crippen molar-refractivity contribution in [3.8, 4) is 0 Å². The monoisotopic (exact) mass is 267 g/mol. The van der Waals surface area contributed by atoms with Gasteiger partial charge in [0.15, 0.2) is 0 Å². The highest BCUT2D eigenvalue weighted by Crippen LogP contribution is 2.12. The lowest BCUT2D eigenvalue weighted by Crippen LogP contribution is -2.08. The van der Waals surface area contributed by atoms with E-state index in [1.165, 1.54) is 24.4 Å². The zero-order valence-corrected chi connectivity index (χ0v) is 11.5. The third kappa shape index (κ3) is 4.02. The smallest absolute Gasteiger partial charge is 0.222 e. The van der Waals surface area contributed by atoms with Gasteiger partial charge in [0.1, 0.15) is 12.1 Å². The van der Waals surface area contributed by atoms with Crippen LogP contribution in [0.4, 0.5) is 5.82 Å². The molecule has 0 bridgehead atoms. The molecule has 2 rings (SSSR count). The molecule has 0 spiro atoms. The molecule has 2 aromatic rings. The summed E-state index contributed by atoms with van der Waals surface area (Å²) in [5.74, 6) is 0.397. The van der Waals surface area contributed by atoms with Crippen LogP contribution in [0.25, 0.3) is 0 Å². The van der Waals surface area contributed by atoms with Crippen molar-refractivity contribution in [3.63, 3.8) is 0 Å². The SMILES string of the molecule is C=CCc1ccc(Cc2cc(NC(C)=O)ncn2)cc1. The third-order valence-corrected chi connectivity index (χ3v) is 2.82. The number of benzene rings is 1. The van der Waals surface area contributed by atoms with Crippen molar-refractivity contribution >= 4 is 11.7 Å². The van der Waals surface area contributed by atoms with Crippen LogP contribution in [0.1, 0.15) is 23.7 Å². The Morgan fingerprint density at radius 3 is 2.60 bits per heavy atom. The molecule has 0 radical (unpaired) electrons. The van der Waals surface area contributed by atoms with Crippen LogP contribution in [-0.2, 0) is 17.6 Å². The van der Waals surface area contributed by atoms with Crippen molar-refractivity contribution in [1.29, 1.82) is 0 Å². The number of hydrogen-bond donors (Lipinski definition) is 1. The number of amides is 1. The first-order chi connectivity index (χ1) is 9.67. The van der Waals surface area contributed by atoms with Gasteiger partial charge in [-0.2, -0.15) is 0 Å². The van der Waals surface area contributed by atoms with Gasteiger partial charge in [-0.1, -0.05) is 30.3 Å². The summed E-state index contributed by atoms with van der Waals surface area (Å²) in [6.45, 7) is 5.19. The van der Waals surface area contributed by atoms with Crippen LogP contribution in [0.2, 0.25) is 0 Å². The molecule has 0 fully saturated rings. The highest BCUT2D eigenvalue weighted by Gasteiger charge is 2.02. The van der Waals surface area contributed by atoms with Crippen LogP contribution >= 0.6 is 0 Å². The summed E-state index contributed by atoms with van der Waals surface area (Å²) in [5.41, 5.74) is 3.29. The molecular formula is C16H17N3O. The number of rotatable bonds is 5. The van der Waals surface area contributed by atoms with Crippen molar-refractivity contribution in [3.05, 3.63) is 66.1 Å². The fourth-order valence-corrected chi connectivity index (χ4v) is 1.91. The zero-order valence-electron chi connectivity index (χ0n) is 11.5. The lowest BCUT2D eigenvalue weighted by Gasteiger charge is -2.05. The third-order valence-electron chi connectivity index (χ3n) is 2.82. The highest BCUT2D eigenvalue weighted by atomic mass is 16.1. The molecule has 0 atom stereocenters. The van der Waals surface area contributed by atoms with Gasteiger partial charge in [0, 0.05) is 19.4 Å². The largest absolute Gasteiger partial charge is 0.311 e. The summed E-state index contributed by atoms with van der Waals surface area (Å²) in [4.78, 5) is 19.2. The minimum Gasteiger partial charge on any atom is -0.311 e. The standard InChI is InChI=1S/C16H17N3O/c1-3-4-13-5-7-14(8-6-13)9-15-10-16(18-11-17-15)19-12(2)20/h3,5-8,10-11H,1,4,9H2,2H3,(H,17,18,19,20). The van der Waals surface area contributed by atoms with E-state index in [-0.39, 0.29) is 5.91 Å². The molecule has 4 heteroatoms. The highest BCUT2D eigenvalue weighted by molar-refractivity contribution is 5.87. The number of nitrogens with one attached hydrogen (secondary N) is 1. The number of aromatic nitrogens is 2. The van der Waals surface area contributed by atoms with Gasteiger partial charge in [-0.15, -0.1) is 6.58 Å². The molecule has 0 saturated heterocycles. The van der Waals surface area contributed by atoms with E-state index in [4.69, 9.17) is 0 Å². The number of carbonyl (C=O) groups excluding carboxylic acids is 1. The molecule has 1 aromatic heterocycles. The average molecular weight is 267 g/mol. The normalized spacial score (nSPS) is 10.1. The molecule has 1 amide bonds. The van der Waals surface area contributed by atoms with Crippen molar-refractivity contribution in [2.45, 2.75) is 19.8 Å². The molecular weight excluding hydrogens is 250 g/mol. The fraction of sp³-hybridized carbons (Fsp3) is 0.188. The second-order valence-corrected chi connectivity index (χ2v) is 4.56. The van der Waals surface area contributed by atoms with Gasteiger partial charge in [-0.3, -0.25) is 4.79 Å². The van der Waals surface area contributed by atoms with Gasteiger partial charge in [0.05, 0.1) is 5.69 Å². The second kappa shape index (κ2) is 6.61. The molecule has 1 aromatic carbocycles. The lowest BCUT2D eigenvalue weighted by molar-refractivity contribution is -0.114. The van der Waals surface area contributed by atoms with E-state index in [9.17, 15) is 4.79 Å². The maximum absolute atomic E-state index is 11.0. The van der Waals surface area contributed by atoms with Crippen molar-refractivity contribution in [1.82, 2.24) is 9.97 Å². The van der Waals surface area contributed by atoms with E-state index >= 15 is 0 Å². The van der Waals surface area contributed by atoms with Crippen LogP contribution in [0, 0.1) is 0 Å². The minimum absolute atomic E-state index is 0.136. The van der Waals surface area contributed by atoms with Crippen LogP contribution in [0.5, 0.6) is 0 Å². The molecule has 0 aliphatic carbocycles. The van der Waals surface area contributed by atoms with E-state index in [1.54, 1.807) is 6.07 Å². The summed E-state index contributed by atoms with van der Waals surface area (Å²) < 4.78 is 0. The maximum Gasteiger partial charge on any atom is 0.222 e. The minimum atomic E-state index is -0.136.